The predicted molar refractivity (Wildman–Crippen MR) is 53.2 cm³/mol. The Labute approximate surface area is 101 Å². The maximum Gasteiger partial charge on any atom is 0.219 e. The molecule has 0 radical (unpaired) electrons. The molecular weight excluding hydrogens is 230 g/mol. The third kappa shape index (κ3) is 2.29. The summed E-state index contributed by atoms with van der Waals surface area (Å²) in [7, 11) is 0. The van der Waals surface area contributed by atoms with Gasteiger partial charge in [-0.15, -0.1) is 0 Å². The van der Waals surface area contributed by atoms with E-state index in [9.17, 15) is 5.11 Å². The van der Waals surface area contributed by atoms with E-state index < -0.39 is 5.79 Å². The molecule has 5 heteroatoms. The second kappa shape index (κ2) is 4.57. The molecular formula is C11H16ClNO3. The molecule has 16 heavy (non-hydrogen) atoms. The van der Waals surface area contributed by atoms with Crippen LogP contribution < -0.4 is 22.1 Å². The van der Waals surface area contributed by atoms with Crippen LogP contribution in [0.2, 0.25) is 0 Å². The van der Waals surface area contributed by atoms with Crippen LogP contribution in [0.25, 0.3) is 0 Å². The van der Waals surface area contributed by atoms with Gasteiger partial charge in [0.1, 0.15) is 0 Å². The zero-order valence-corrected chi connectivity index (χ0v) is 10.4. The fourth-order valence-electron chi connectivity index (χ4n) is 1.68. The summed E-state index contributed by atoms with van der Waals surface area (Å²) in [5.74, 6) is 0.206. The Kier molecular flexibility index (Phi) is 3.78. The van der Waals surface area contributed by atoms with Gasteiger partial charge in [0.05, 0.1) is 18.8 Å². The van der Waals surface area contributed by atoms with Gasteiger partial charge in [-0.2, -0.15) is 0 Å². The van der Waals surface area contributed by atoms with Gasteiger partial charge in [-0.3, -0.25) is 0 Å². The minimum absolute atomic E-state index is 0. The second-order valence-electron chi connectivity index (χ2n) is 4.20. The number of hydrogen-bond donors (Lipinski definition) is 1. The maximum absolute atomic E-state index is 9.18. The Hall–Kier alpha value is -0.840. The van der Waals surface area contributed by atoms with E-state index >= 15 is 0 Å². The SMILES string of the molecule is Cc1[nH+]cc(CO)c2c1OC(C)(C)OC2.[Cl-]. The van der Waals surface area contributed by atoms with Crippen LogP contribution in [0, 0.1) is 6.92 Å². The number of nitrogens with one attached hydrogen (secondary N) is 1. The van der Waals surface area contributed by atoms with E-state index in [1.165, 1.54) is 0 Å². The Bertz CT molecular complexity index is 393. The number of H-pyrrole nitrogens is 1. The molecule has 2 heterocycles. The zero-order chi connectivity index (χ0) is 11.1. The highest BCUT2D eigenvalue weighted by molar-refractivity contribution is 5.39. The molecule has 1 aliphatic heterocycles. The third-order valence-corrected chi connectivity index (χ3v) is 2.55. The van der Waals surface area contributed by atoms with Crippen molar-refractivity contribution in [2.75, 3.05) is 0 Å². The summed E-state index contributed by atoms with van der Waals surface area (Å²) in [4.78, 5) is 3.08. The quantitative estimate of drug-likeness (QED) is 0.620. The van der Waals surface area contributed by atoms with Crippen LogP contribution >= 0.6 is 0 Å². The van der Waals surface area contributed by atoms with Crippen LogP contribution in [0.1, 0.15) is 30.7 Å². The normalized spacial score (nSPS) is 17.0. The monoisotopic (exact) mass is 245 g/mol. The van der Waals surface area contributed by atoms with Crippen molar-refractivity contribution < 1.29 is 32.0 Å². The van der Waals surface area contributed by atoms with Crippen LogP contribution in [0.15, 0.2) is 6.20 Å². The number of halogens is 1. The van der Waals surface area contributed by atoms with Crippen molar-refractivity contribution in [1.29, 1.82) is 0 Å². The lowest BCUT2D eigenvalue weighted by atomic mass is 10.1. The summed E-state index contributed by atoms with van der Waals surface area (Å²) in [6.07, 6.45) is 1.79. The Morgan fingerprint density at radius 2 is 2.19 bits per heavy atom. The average molecular weight is 246 g/mol. The van der Waals surface area contributed by atoms with E-state index in [4.69, 9.17) is 9.47 Å². The Morgan fingerprint density at radius 3 is 2.81 bits per heavy atom. The molecule has 0 bridgehead atoms. The molecule has 0 aliphatic carbocycles. The van der Waals surface area contributed by atoms with Crippen molar-refractivity contribution in [1.82, 2.24) is 0 Å². The van der Waals surface area contributed by atoms with Gasteiger partial charge >= 0.3 is 0 Å². The summed E-state index contributed by atoms with van der Waals surface area (Å²) in [6, 6.07) is 0. The van der Waals surface area contributed by atoms with Gasteiger partial charge < -0.3 is 27.0 Å². The number of hydrogen-bond acceptors (Lipinski definition) is 3. The standard InChI is InChI=1S/C11H15NO3.ClH/c1-7-10-9(8(5-13)4-12-7)6-14-11(2,3)15-10;/h4,13H,5-6H2,1-3H3;1H. The number of aliphatic hydroxyl groups excluding tert-OH is 1. The predicted octanol–water partition coefficient (Wildman–Crippen LogP) is -2.05. The summed E-state index contributed by atoms with van der Waals surface area (Å²) >= 11 is 0. The first-order valence-corrected chi connectivity index (χ1v) is 5.00. The van der Waals surface area contributed by atoms with Crippen LogP contribution in [0.4, 0.5) is 0 Å². The van der Waals surface area contributed by atoms with Gasteiger partial charge in [-0.1, -0.05) is 0 Å². The molecule has 0 fully saturated rings. The smallest absolute Gasteiger partial charge is 0.219 e. The fourth-order valence-corrected chi connectivity index (χ4v) is 1.68. The minimum Gasteiger partial charge on any atom is -1.00 e. The molecule has 1 aromatic rings. The summed E-state index contributed by atoms with van der Waals surface area (Å²) < 4.78 is 11.3. The highest BCUT2D eigenvalue weighted by Gasteiger charge is 2.32. The lowest BCUT2D eigenvalue weighted by Crippen LogP contribution is -3.00. The molecule has 0 atom stereocenters. The van der Waals surface area contributed by atoms with Crippen molar-refractivity contribution in [2.45, 2.75) is 39.8 Å². The van der Waals surface area contributed by atoms with Gasteiger partial charge in [-0.25, -0.2) is 4.98 Å². The number of ether oxygens (including phenoxy) is 2. The van der Waals surface area contributed by atoms with Crippen molar-refractivity contribution in [2.24, 2.45) is 0 Å². The summed E-state index contributed by atoms with van der Waals surface area (Å²) in [6.45, 7) is 6.17. The van der Waals surface area contributed by atoms with E-state index in [0.29, 0.717) is 6.61 Å². The number of aryl methyl sites for hydroxylation is 1. The highest BCUT2D eigenvalue weighted by atomic mass is 35.5. The third-order valence-electron chi connectivity index (χ3n) is 2.55. The van der Waals surface area contributed by atoms with Gasteiger partial charge in [0, 0.05) is 26.3 Å². The van der Waals surface area contributed by atoms with Crippen molar-refractivity contribution in [3.63, 3.8) is 0 Å². The van der Waals surface area contributed by atoms with Gasteiger partial charge in [-0.05, 0) is 0 Å². The van der Waals surface area contributed by atoms with Crippen LogP contribution in [0.5, 0.6) is 5.75 Å². The van der Waals surface area contributed by atoms with Gasteiger partial charge in [0.15, 0.2) is 11.9 Å². The van der Waals surface area contributed by atoms with Gasteiger partial charge in [0.2, 0.25) is 11.5 Å². The summed E-state index contributed by atoms with van der Waals surface area (Å²) in [5.41, 5.74) is 2.72. The molecule has 2 rings (SSSR count). The fraction of sp³-hybridized carbons (Fsp3) is 0.545. The molecule has 0 aromatic carbocycles. The van der Waals surface area contributed by atoms with E-state index in [2.05, 4.69) is 4.98 Å². The number of aromatic amines is 1. The first-order valence-electron chi connectivity index (χ1n) is 5.00. The number of aliphatic hydroxyl groups is 1. The number of fused-ring (bicyclic) bond motifs is 1. The molecule has 90 valence electrons. The molecule has 4 nitrogen and oxygen atoms in total. The molecule has 0 amide bonds. The zero-order valence-electron chi connectivity index (χ0n) is 9.63. The topological polar surface area (TPSA) is 52.8 Å². The van der Waals surface area contributed by atoms with Crippen LogP contribution in [-0.4, -0.2) is 10.9 Å². The lowest BCUT2D eigenvalue weighted by Gasteiger charge is -2.32. The molecule has 0 saturated carbocycles. The highest BCUT2D eigenvalue weighted by Crippen LogP contribution is 2.33. The van der Waals surface area contributed by atoms with E-state index in [0.717, 1.165) is 22.6 Å². The van der Waals surface area contributed by atoms with Crippen molar-refractivity contribution in [3.05, 3.63) is 23.0 Å². The van der Waals surface area contributed by atoms with E-state index in [1.54, 1.807) is 6.20 Å². The second-order valence-corrected chi connectivity index (χ2v) is 4.20. The number of pyridine rings is 1. The average Bonchev–Trinajstić information content (AvgIpc) is 2.18. The van der Waals surface area contributed by atoms with E-state index in [-0.39, 0.29) is 19.0 Å². The number of aromatic nitrogens is 1. The van der Waals surface area contributed by atoms with Crippen molar-refractivity contribution in [3.8, 4) is 5.75 Å². The number of rotatable bonds is 1. The molecule has 1 aliphatic rings. The molecule has 2 N–H and O–H groups in total. The Balaban J connectivity index is 0.00000128. The first-order chi connectivity index (χ1) is 7.03. The van der Waals surface area contributed by atoms with Crippen LogP contribution in [-0.2, 0) is 18.0 Å². The van der Waals surface area contributed by atoms with Crippen molar-refractivity contribution >= 4 is 0 Å². The maximum atomic E-state index is 9.18. The largest absolute Gasteiger partial charge is 1.00 e. The first kappa shape index (κ1) is 13.2. The molecule has 0 spiro atoms. The molecule has 1 aromatic heterocycles. The van der Waals surface area contributed by atoms with Crippen LogP contribution in [0.3, 0.4) is 0 Å². The van der Waals surface area contributed by atoms with E-state index in [1.807, 2.05) is 20.8 Å². The minimum atomic E-state index is -0.598. The van der Waals surface area contributed by atoms with Gasteiger partial charge in [0.25, 0.3) is 0 Å². The Morgan fingerprint density at radius 1 is 1.50 bits per heavy atom. The molecule has 0 saturated heterocycles. The lowest BCUT2D eigenvalue weighted by molar-refractivity contribution is -0.392. The summed E-state index contributed by atoms with van der Waals surface area (Å²) in [5, 5.41) is 9.18. The molecule has 0 unspecified atom stereocenters.